The van der Waals surface area contributed by atoms with Crippen molar-refractivity contribution in [2.45, 2.75) is 46.3 Å². The second-order valence-electron chi connectivity index (χ2n) is 6.30. The van der Waals surface area contributed by atoms with Crippen molar-refractivity contribution in [3.8, 4) is 5.75 Å². The summed E-state index contributed by atoms with van der Waals surface area (Å²) in [5, 5.41) is 6.27. The van der Waals surface area contributed by atoms with Gasteiger partial charge in [0.1, 0.15) is 17.4 Å². The van der Waals surface area contributed by atoms with Crippen molar-refractivity contribution in [2.75, 3.05) is 7.05 Å². The second-order valence-corrected chi connectivity index (χ2v) is 7.24. The number of aryl methyl sites for hydroxylation is 1. The Bertz CT molecular complexity index is 599. The minimum atomic E-state index is 0.0702. The van der Waals surface area contributed by atoms with Crippen LogP contribution in [0.2, 0.25) is 0 Å². The lowest BCUT2D eigenvalue weighted by molar-refractivity contribution is 0.293. The number of nitrogens with one attached hydrogen (secondary N) is 1. The fourth-order valence-electron chi connectivity index (χ4n) is 2.16. The van der Waals surface area contributed by atoms with Gasteiger partial charge in [0, 0.05) is 11.9 Å². The van der Waals surface area contributed by atoms with Crippen LogP contribution in [0.3, 0.4) is 0 Å². The monoisotopic (exact) mass is 304 g/mol. The number of rotatable bonds is 5. The van der Waals surface area contributed by atoms with Crippen LogP contribution in [-0.2, 0) is 18.6 Å². The SMILES string of the molecule is CNCc1nc(COc2ccc(C)cc2C(C)(C)C)cs1. The summed E-state index contributed by atoms with van der Waals surface area (Å²) in [6.07, 6.45) is 0. The summed E-state index contributed by atoms with van der Waals surface area (Å²) in [6, 6.07) is 6.37. The lowest BCUT2D eigenvalue weighted by Gasteiger charge is -2.23. The fraction of sp³-hybridized carbons (Fsp3) is 0.471. The van der Waals surface area contributed by atoms with Crippen LogP contribution in [0.5, 0.6) is 5.75 Å². The van der Waals surface area contributed by atoms with Crippen LogP contribution in [0.4, 0.5) is 0 Å². The van der Waals surface area contributed by atoms with Crippen LogP contribution in [0, 0.1) is 6.92 Å². The van der Waals surface area contributed by atoms with E-state index in [4.69, 9.17) is 4.74 Å². The molecule has 1 aromatic carbocycles. The molecular weight excluding hydrogens is 280 g/mol. The van der Waals surface area contributed by atoms with Crippen LogP contribution >= 0.6 is 11.3 Å². The van der Waals surface area contributed by atoms with Gasteiger partial charge < -0.3 is 10.1 Å². The van der Waals surface area contributed by atoms with Gasteiger partial charge in [-0.2, -0.15) is 0 Å². The maximum atomic E-state index is 6.02. The molecule has 2 rings (SSSR count). The van der Waals surface area contributed by atoms with Gasteiger partial charge in [-0.1, -0.05) is 38.5 Å². The number of thiazole rings is 1. The molecule has 0 amide bonds. The van der Waals surface area contributed by atoms with Crippen molar-refractivity contribution in [3.05, 3.63) is 45.4 Å². The first-order valence-electron chi connectivity index (χ1n) is 7.22. The van der Waals surface area contributed by atoms with E-state index >= 15 is 0 Å². The summed E-state index contributed by atoms with van der Waals surface area (Å²) >= 11 is 1.67. The highest BCUT2D eigenvalue weighted by Crippen LogP contribution is 2.32. The molecule has 1 aromatic heterocycles. The van der Waals surface area contributed by atoms with E-state index in [2.05, 4.69) is 61.6 Å². The predicted octanol–water partition coefficient (Wildman–Crippen LogP) is 4.05. The van der Waals surface area contributed by atoms with Gasteiger partial charge in [-0.25, -0.2) is 4.98 Å². The molecule has 1 N–H and O–H groups in total. The average Bonchev–Trinajstić information content (AvgIpc) is 2.84. The van der Waals surface area contributed by atoms with Gasteiger partial charge in [-0.15, -0.1) is 11.3 Å². The van der Waals surface area contributed by atoms with E-state index in [0.717, 1.165) is 23.0 Å². The molecule has 21 heavy (non-hydrogen) atoms. The van der Waals surface area contributed by atoms with Gasteiger partial charge >= 0.3 is 0 Å². The number of nitrogens with zero attached hydrogens (tertiary/aromatic N) is 1. The van der Waals surface area contributed by atoms with Gasteiger partial charge in [-0.05, 0) is 31.0 Å². The third kappa shape index (κ3) is 4.29. The molecule has 0 bridgehead atoms. The van der Waals surface area contributed by atoms with Gasteiger partial charge in [-0.3, -0.25) is 0 Å². The lowest BCUT2D eigenvalue weighted by Crippen LogP contribution is -2.14. The summed E-state index contributed by atoms with van der Waals surface area (Å²) in [4.78, 5) is 4.56. The largest absolute Gasteiger partial charge is 0.487 e. The van der Waals surface area contributed by atoms with Gasteiger partial charge in [0.25, 0.3) is 0 Å². The fourth-order valence-corrected chi connectivity index (χ4v) is 2.95. The van der Waals surface area contributed by atoms with Crippen molar-refractivity contribution in [2.24, 2.45) is 0 Å². The predicted molar refractivity (Wildman–Crippen MR) is 89.1 cm³/mol. The highest BCUT2D eigenvalue weighted by molar-refractivity contribution is 7.09. The normalized spacial score (nSPS) is 11.7. The standard InChI is InChI=1S/C17H24N2OS/c1-12-6-7-15(14(8-12)17(2,3)4)20-10-13-11-21-16(19-13)9-18-5/h6-8,11,18H,9-10H2,1-5H3. The van der Waals surface area contributed by atoms with Crippen molar-refractivity contribution in [3.63, 3.8) is 0 Å². The Balaban J connectivity index is 2.12. The van der Waals surface area contributed by atoms with E-state index in [1.165, 1.54) is 11.1 Å². The number of aromatic nitrogens is 1. The molecule has 0 aliphatic carbocycles. The van der Waals surface area contributed by atoms with E-state index in [9.17, 15) is 0 Å². The highest BCUT2D eigenvalue weighted by atomic mass is 32.1. The number of hydrogen-bond donors (Lipinski definition) is 1. The minimum absolute atomic E-state index is 0.0702. The minimum Gasteiger partial charge on any atom is -0.487 e. The summed E-state index contributed by atoms with van der Waals surface area (Å²) < 4.78 is 6.02. The van der Waals surface area contributed by atoms with E-state index < -0.39 is 0 Å². The Kier molecular flexibility index (Phi) is 5.01. The number of ether oxygens (including phenoxy) is 1. The number of benzene rings is 1. The third-order valence-electron chi connectivity index (χ3n) is 3.25. The summed E-state index contributed by atoms with van der Waals surface area (Å²) in [5.41, 5.74) is 3.57. The highest BCUT2D eigenvalue weighted by Gasteiger charge is 2.19. The van der Waals surface area contributed by atoms with Crippen LogP contribution in [0.1, 0.15) is 42.6 Å². The van der Waals surface area contributed by atoms with E-state index in [1.54, 1.807) is 11.3 Å². The Labute approximate surface area is 131 Å². The molecule has 0 unspecified atom stereocenters. The summed E-state index contributed by atoms with van der Waals surface area (Å²) in [6.45, 7) is 10.1. The maximum Gasteiger partial charge on any atom is 0.131 e. The second kappa shape index (κ2) is 6.58. The van der Waals surface area contributed by atoms with E-state index in [0.29, 0.717) is 6.61 Å². The van der Waals surface area contributed by atoms with Crippen LogP contribution in [0.25, 0.3) is 0 Å². The Morgan fingerprint density at radius 2 is 2.05 bits per heavy atom. The molecule has 0 saturated carbocycles. The quantitative estimate of drug-likeness (QED) is 0.905. The van der Waals surface area contributed by atoms with Crippen molar-refractivity contribution >= 4 is 11.3 Å². The molecule has 0 aliphatic heterocycles. The molecule has 2 aromatic rings. The molecule has 0 saturated heterocycles. The first-order valence-corrected chi connectivity index (χ1v) is 8.10. The summed E-state index contributed by atoms with van der Waals surface area (Å²) in [5.74, 6) is 0.955. The molecule has 0 atom stereocenters. The average molecular weight is 304 g/mol. The van der Waals surface area contributed by atoms with Crippen molar-refractivity contribution < 1.29 is 4.74 Å². The van der Waals surface area contributed by atoms with Crippen molar-refractivity contribution in [1.82, 2.24) is 10.3 Å². The molecular formula is C17H24N2OS. The number of hydrogen-bond acceptors (Lipinski definition) is 4. The van der Waals surface area contributed by atoms with Crippen molar-refractivity contribution in [1.29, 1.82) is 0 Å². The zero-order valence-electron chi connectivity index (χ0n) is 13.5. The summed E-state index contributed by atoms with van der Waals surface area (Å²) in [7, 11) is 1.93. The van der Waals surface area contributed by atoms with Crippen LogP contribution in [-0.4, -0.2) is 12.0 Å². The van der Waals surface area contributed by atoms with Crippen LogP contribution < -0.4 is 10.1 Å². The smallest absolute Gasteiger partial charge is 0.131 e. The zero-order valence-corrected chi connectivity index (χ0v) is 14.3. The Morgan fingerprint density at radius 1 is 1.29 bits per heavy atom. The maximum absolute atomic E-state index is 6.02. The first-order chi connectivity index (χ1) is 9.90. The molecule has 114 valence electrons. The molecule has 0 aliphatic rings. The van der Waals surface area contributed by atoms with E-state index in [1.807, 2.05) is 7.05 Å². The van der Waals surface area contributed by atoms with Gasteiger partial charge in [0.15, 0.2) is 0 Å². The molecule has 4 heteroatoms. The third-order valence-corrected chi connectivity index (χ3v) is 4.14. The topological polar surface area (TPSA) is 34.2 Å². The molecule has 0 fully saturated rings. The van der Waals surface area contributed by atoms with E-state index in [-0.39, 0.29) is 5.41 Å². The van der Waals surface area contributed by atoms with Gasteiger partial charge in [0.2, 0.25) is 0 Å². The molecule has 1 heterocycles. The van der Waals surface area contributed by atoms with Gasteiger partial charge in [0.05, 0.1) is 5.69 Å². The molecule has 3 nitrogen and oxygen atoms in total. The Hall–Kier alpha value is -1.39. The first kappa shape index (κ1) is 16.0. The van der Waals surface area contributed by atoms with Crippen LogP contribution in [0.15, 0.2) is 23.6 Å². The molecule has 0 spiro atoms. The zero-order chi connectivity index (χ0) is 15.5. The lowest BCUT2D eigenvalue weighted by atomic mass is 9.85. The molecule has 0 radical (unpaired) electrons. The Morgan fingerprint density at radius 3 is 2.71 bits per heavy atom.